The lowest BCUT2D eigenvalue weighted by molar-refractivity contribution is -0.136. The Bertz CT molecular complexity index is 961. The number of piperidine rings is 1. The van der Waals surface area contributed by atoms with E-state index in [0.29, 0.717) is 24.6 Å². The van der Waals surface area contributed by atoms with Crippen molar-refractivity contribution < 1.29 is 9.59 Å². The van der Waals surface area contributed by atoms with Crippen molar-refractivity contribution >= 4 is 23.6 Å². The number of aromatic nitrogens is 1. The molecule has 6 heteroatoms. The van der Waals surface area contributed by atoms with Crippen molar-refractivity contribution in [2.24, 2.45) is 5.92 Å². The molecule has 0 saturated carbocycles. The average Bonchev–Trinajstić information content (AvgIpc) is 3.10. The summed E-state index contributed by atoms with van der Waals surface area (Å²) in [5.74, 6) is 0.368. The SMILES string of the molecule is Cc1ccc(Sc2ncccc2C(=O)N2CCC(C(=O)N3CCCCCC3)CC2)c(C)c1. The summed E-state index contributed by atoms with van der Waals surface area (Å²) in [6.07, 6.45) is 7.93. The van der Waals surface area contributed by atoms with E-state index in [4.69, 9.17) is 0 Å². The number of amides is 2. The number of carbonyl (C=O) groups excluding carboxylic acids is 2. The predicted molar refractivity (Wildman–Crippen MR) is 128 cm³/mol. The van der Waals surface area contributed by atoms with Crippen molar-refractivity contribution in [3.05, 3.63) is 53.2 Å². The van der Waals surface area contributed by atoms with Crippen LogP contribution in [0, 0.1) is 19.8 Å². The maximum absolute atomic E-state index is 13.4. The summed E-state index contributed by atoms with van der Waals surface area (Å²) in [5.41, 5.74) is 3.06. The Balaban J connectivity index is 1.41. The van der Waals surface area contributed by atoms with Crippen LogP contribution in [0.4, 0.5) is 0 Å². The Labute approximate surface area is 195 Å². The fourth-order valence-electron chi connectivity index (χ4n) is 4.70. The quantitative estimate of drug-likeness (QED) is 0.649. The monoisotopic (exact) mass is 451 g/mol. The first-order chi connectivity index (χ1) is 15.5. The van der Waals surface area contributed by atoms with Gasteiger partial charge in [0.2, 0.25) is 5.91 Å². The highest BCUT2D eigenvalue weighted by Crippen LogP contribution is 2.32. The molecule has 2 aliphatic heterocycles. The van der Waals surface area contributed by atoms with Gasteiger partial charge in [0.05, 0.1) is 5.56 Å². The van der Waals surface area contributed by atoms with Crippen LogP contribution in [-0.4, -0.2) is 52.8 Å². The molecular formula is C26H33N3O2S. The molecule has 4 rings (SSSR count). The van der Waals surface area contributed by atoms with E-state index in [1.54, 1.807) is 18.0 Å². The number of carbonyl (C=O) groups is 2. The summed E-state index contributed by atoms with van der Waals surface area (Å²) in [6, 6.07) is 10.0. The zero-order valence-corrected chi connectivity index (χ0v) is 20.0. The van der Waals surface area contributed by atoms with Gasteiger partial charge in [-0.3, -0.25) is 9.59 Å². The minimum Gasteiger partial charge on any atom is -0.342 e. The minimum absolute atomic E-state index is 0.0195. The summed E-state index contributed by atoms with van der Waals surface area (Å²) in [4.78, 5) is 35.9. The summed E-state index contributed by atoms with van der Waals surface area (Å²) in [7, 11) is 0. The number of likely N-dealkylation sites (tertiary alicyclic amines) is 2. The van der Waals surface area contributed by atoms with E-state index in [1.807, 2.05) is 17.0 Å². The number of aryl methyl sites for hydroxylation is 2. The number of hydrogen-bond acceptors (Lipinski definition) is 4. The van der Waals surface area contributed by atoms with Crippen molar-refractivity contribution in [3.8, 4) is 0 Å². The van der Waals surface area contributed by atoms with Crippen LogP contribution in [-0.2, 0) is 4.79 Å². The molecule has 0 spiro atoms. The van der Waals surface area contributed by atoms with Gasteiger partial charge in [-0.1, -0.05) is 42.3 Å². The molecule has 0 atom stereocenters. The van der Waals surface area contributed by atoms with Crippen molar-refractivity contribution in [1.29, 1.82) is 0 Å². The molecular weight excluding hydrogens is 418 g/mol. The van der Waals surface area contributed by atoms with Crippen LogP contribution in [0.5, 0.6) is 0 Å². The highest BCUT2D eigenvalue weighted by Gasteiger charge is 2.31. The Kier molecular flexibility index (Phi) is 7.51. The molecule has 0 aliphatic carbocycles. The lowest BCUT2D eigenvalue weighted by atomic mass is 9.94. The van der Waals surface area contributed by atoms with Crippen LogP contribution in [0.2, 0.25) is 0 Å². The van der Waals surface area contributed by atoms with E-state index in [1.165, 1.54) is 24.0 Å². The molecule has 2 aliphatic rings. The zero-order chi connectivity index (χ0) is 22.5. The first-order valence-electron chi connectivity index (χ1n) is 11.8. The van der Waals surface area contributed by atoms with Crippen LogP contribution in [0.25, 0.3) is 0 Å². The second kappa shape index (κ2) is 10.5. The highest BCUT2D eigenvalue weighted by molar-refractivity contribution is 7.99. The van der Waals surface area contributed by atoms with Crippen LogP contribution < -0.4 is 0 Å². The number of rotatable bonds is 4. The average molecular weight is 452 g/mol. The molecule has 170 valence electrons. The maximum atomic E-state index is 13.4. The van der Waals surface area contributed by atoms with E-state index < -0.39 is 0 Å². The van der Waals surface area contributed by atoms with Crippen molar-refractivity contribution in [2.75, 3.05) is 26.2 Å². The fourth-order valence-corrected chi connectivity index (χ4v) is 5.65. The van der Waals surface area contributed by atoms with E-state index in [-0.39, 0.29) is 11.8 Å². The first kappa shape index (κ1) is 22.8. The molecule has 2 saturated heterocycles. The van der Waals surface area contributed by atoms with Gasteiger partial charge >= 0.3 is 0 Å². The van der Waals surface area contributed by atoms with Gasteiger partial charge in [0.1, 0.15) is 5.03 Å². The molecule has 5 nitrogen and oxygen atoms in total. The van der Waals surface area contributed by atoms with Gasteiger partial charge < -0.3 is 9.80 Å². The third-order valence-electron chi connectivity index (χ3n) is 6.59. The third-order valence-corrected chi connectivity index (χ3v) is 7.78. The molecule has 2 amide bonds. The lowest BCUT2D eigenvalue weighted by Crippen LogP contribution is -2.44. The molecule has 32 heavy (non-hydrogen) atoms. The van der Waals surface area contributed by atoms with Gasteiger partial charge in [-0.25, -0.2) is 4.98 Å². The van der Waals surface area contributed by atoms with E-state index in [2.05, 4.69) is 41.9 Å². The lowest BCUT2D eigenvalue weighted by Gasteiger charge is -2.34. The topological polar surface area (TPSA) is 53.5 Å². The van der Waals surface area contributed by atoms with Gasteiger partial charge in [-0.05, 0) is 63.3 Å². The fraction of sp³-hybridized carbons (Fsp3) is 0.500. The van der Waals surface area contributed by atoms with Gasteiger partial charge in [-0.2, -0.15) is 0 Å². The Morgan fingerprint density at radius 3 is 2.34 bits per heavy atom. The number of benzene rings is 1. The molecule has 2 fully saturated rings. The van der Waals surface area contributed by atoms with Crippen molar-refractivity contribution in [3.63, 3.8) is 0 Å². The Hall–Kier alpha value is -2.34. The second-order valence-electron chi connectivity index (χ2n) is 9.03. The summed E-state index contributed by atoms with van der Waals surface area (Å²) >= 11 is 1.55. The maximum Gasteiger partial charge on any atom is 0.256 e. The number of nitrogens with zero attached hydrogens (tertiary/aromatic N) is 3. The van der Waals surface area contributed by atoms with Gasteiger partial charge in [0, 0.05) is 43.2 Å². The van der Waals surface area contributed by atoms with Gasteiger partial charge in [-0.15, -0.1) is 0 Å². The number of hydrogen-bond donors (Lipinski definition) is 0. The largest absolute Gasteiger partial charge is 0.342 e. The van der Waals surface area contributed by atoms with Gasteiger partial charge in [0.25, 0.3) is 5.91 Å². The zero-order valence-electron chi connectivity index (χ0n) is 19.2. The second-order valence-corrected chi connectivity index (χ2v) is 10.1. The predicted octanol–water partition coefficient (Wildman–Crippen LogP) is 5.10. The van der Waals surface area contributed by atoms with Crippen LogP contribution in [0.15, 0.2) is 46.5 Å². The summed E-state index contributed by atoms with van der Waals surface area (Å²) < 4.78 is 0. The third kappa shape index (κ3) is 5.34. The smallest absolute Gasteiger partial charge is 0.256 e. The Morgan fingerprint density at radius 2 is 1.66 bits per heavy atom. The summed E-state index contributed by atoms with van der Waals surface area (Å²) in [6.45, 7) is 7.22. The van der Waals surface area contributed by atoms with E-state index in [9.17, 15) is 9.59 Å². The van der Waals surface area contributed by atoms with E-state index in [0.717, 1.165) is 48.7 Å². The first-order valence-corrected chi connectivity index (χ1v) is 12.6. The molecule has 0 unspecified atom stereocenters. The van der Waals surface area contributed by atoms with Crippen LogP contribution in [0.1, 0.15) is 60.0 Å². The molecule has 1 aromatic heterocycles. The van der Waals surface area contributed by atoms with Crippen LogP contribution in [0.3, 0.4) is 0 Å². The van der Waals surface area contributed by atoms with Gasteiger partial charge in [0.15, 0.2) is 0 Å². The Morgan fingerprint density at radius 1 is 0.938 bits per heavy atom. The molecule has 0 radical (unpaired) electrons. The van der Waals surface area contributed by atoms with Crippen LogP contribution >= 0.6 is 11.8 Å². The van der Waals surface area contributed by atoms with Crippen molar-refractivity contribution in [2.45, 2.75) is 62.3 Å². The standard InChI is InChI=1S/C26H33N3O2S/c1-19-9-10-23(20(2)18-19)32-24-22(8-7-13-27-24)26(31)29-16-11-21(12-17-29)25(30)28-14-5-3-4-6-15-28/h7-10,13,18,21H,3-6,11-12,14-17H2,1-2H3. The molecule has 1 aromatic carbocycles. The molecule has 0 bridgehead atoms. The van der Waals surface area contributed by atoms with Crippen molar-refractivity contribution in [1.82, 2.24) is 14.8 Å². The normalized spacial score (nSPS) is 17.8. The molecule has 3 heterocycles. The number of pyridine rings is 1. The van der Waals surface area contributed by atoms with E-state index >= 15 is 0 Å². The highest BCUT2D eigenvalue weighted by atomic mass is 32.2. The summed E-state index contributed by atoms with van der Waals surface area (Å²) in [5, 5.41) is 0.743. The minimum atomic E-state index is 0.0195. The molecule has 2 aromatic rings. The molecule has 0 N–H and O–H groups in total.